The van der Waals surface area contributed by atoms with Gasteiger partial charge in [-0.3, -0.25) is 9.59 Å². The lowest BCUT2D eigenvalue weighted by molar-refractivity contribution is -0.147. The Bertz CT molecular complexity index is 704. The quantitative estimate of drug-likeness (QED) is 0.768. The summed E-state index contributed by atoms with van der Waals surface area (Å²) < 4.78 is 38.6. The van der Waals surface area contributed by atoms with Crippen LogP contribution in [-0.2, 0) is 15.8 Å². The average Bonchev–Trinajstić information content (AvgIpc) is 2.54. The second-order valence-corrected chi connectivity index (χ2v) is 7.68. The fourth-order valence-corrected chi connectivity index (χ4v) is 3.11. The summed E-state index contributed by atoms with van der Waals surface area (Å²) in [7, 11) is 0. The second-order valence-electron chi connectivity index (χ2n) is 7.27. The van der Waals surface area contributed by atoms with Gasteiger partial charge in [0.25, 0.3) is 0 Å². The minimum atomic E-state index is -4.56. The molecule has 1 fully saturated rings. The predicted molar refractivity (Wildman–Crippen MR) is 93.8 cm³/mol. The molecule has 1 heterocycles. The van der Waals surface area contributed by atoms with E-state index in [9.17, 15) is 22.8 Å². The molecular weight excluding hydrogens is 369 g/mol. The molecule has 1 unspecified atom stereocenters. The number of amides is 2. The number of piperidine rings is 1. The summed E-state index contributed by atoms with van der Waals surface area (Å²) in [4.78, 5) is 27.0. The van der Waals surface area contributed by atoms with E-state index < -0.39 is 23.1 Å². The molecule has 0 spiro atoms. The van der Waals surface area contributed by atoms with Gasteiger partial charge in [0.05, 0.1) is 16.3 Å². The standard InChI is InChI=1S/C18H22ClF3N2O2/c1-11-5-4-8-24(10-11)16(26)17(2,3)15(25)23-14-9-12(18(20,21)22)6-7-13(14)19/h6-7,9,11H,4-5,8,10H2,1-3H3,(H,23,25). The zero-order chi connectivity index (χ0) is 19.7. The van der Waals surface area contributed by atoms with Crippen LogP contribution in [0.2, 0.25) is 5.02 Å². The van der Waals surface area contributed by atoms with Gasteiger partial charge in [-0.1, -0.05) is 18.5 Å². The molecule has 0 aromatic heterocycles. The largest absolute Gasteiger partial charge is 0.416 e. The van der Waals surface area contributed by atoms with Gasteiger partial charge in [0.2, 0.25) is 11.8 Å². The molecule has 0 saturated carbocycles. The number of halogens is 4. The first-order valence-electron chi connectivity index (χ1n) is 8.40. The molecule has 0 bridgehead atoms. The van der Waals surface area contributed by atoms with E-state index in [4.69, 9.17) is 11.6 Å². The molecule has 4 nitrogen and oxygen atoms in total. The molecule has 1 aliphatic heterocycles. The van der Waals surface area contributed by atoms with Gasteiger partial charge in [0.1, 0.15) is 5.41 Å². The number of alkyl halides is 3. The van der Waals surface area contributed by atoms with Crippen LogP contribution >= 0.6 is 11.6 Å². The molecule has 1 aromatic rings. The van der Waals surface area contributed by atoms with E-state index >= 15 is 0 Å². The number of likely N-dealkylation sites (tertiary alicyclic amines) is 1. The lowest BCUT2D eigenvalue weighted by Gasteiger charge is -2.36. The van der Waals surface area contributed by atoms with Gasteiger partial charge in [-0.25, -0.2) is 0 Å². The van der Waals surface area contributed by atoms with Crippen molar-refractivity contribution in [1.29, 1.82) is 0 Å². The van der Waals surface area contributed by atoms with Crippen molar-refractivity contribution in [3.63, 3.8) is 0 Å². The molecule has 2 rings (SSSR count). The molecule has 1 N–H and O–H groups in total. The SMILES string of the molecule is CC1CCCN(C(=O)C(C)(C)C(=O)Nc2cc(C(F)(F)F)ccc2Cl)C1. The van der Waals surface area contributed by atoms with Crippen LogP contribution < -0.4 is 5.32 Å². The smallest absolute Gasteiger partial charge is 0.342 e. The minimum Gasteiger partial charge on any atom is -0.342 e. The number of hydrogen-bond donors (Lipinski definition) is 1. The maximum Gasteiger partial charge on any atom is 0.416 e. The fraction of sp³-hybridized carbons (Fsp3) is 0.556. The van der Waals surface area contributed by atoms with Crippen LogP contribution in [0, 0.1) is 11.3 Å². The number of hydrogen-bond acceptors (Lipinski definition) is 2. The fourth-order valence-electron chi connectivity index (χ4n) is 2.94. The van der Waals surface area contributed by atoms with Crippen molar-refractivity contribution in [3.8, 4) is 0 Å². The van der Waals surface area contributed by atoms with Crippen molar-refractivity contribution in [2.24, 2.45) is 11.3 Å². The van der Waals surface area contributed by atoms with Crippen LogP contribution in [0.5, 0.6) is 0 Å². The zero-order valence-electron chi connectivity index (χ0n) is 14.9. The highest BCUT2D eigenvalue weighted by Gasteiger charge is 2.40. The summed E-state index contributed by atoms with van der Waals surface area (Å²) in [5.74, 6) is -0.684. The highest BCUT2D eigenvalue weighted by molar-refractivity contribution is 6.34. The Morgan fingerprint density at radius 3 is 2.50 bits per heavy atom. The lowest BCUT2D eigenvalue weighted by Crippen LogP contribution is -2.50. The number of carbonyl (C=O) groups is 2. The molecule has 0 aliphatic carbocycles. The Labute approximate surface area is 155 Å². The summed E-state index contributed by atoms with van der Waals surface area (Å²) in [6, 6.07) is 2.67. The molecule has 1 aromatic carbocycles. The zero-order valence-corrected chi connectivity index (χ0v) is 15.7. The van der Waals surface area contributed by atoms with Crippen molar-refractivity contribution < 1.29 is 22.8 Å². The van der Waals surface area contributed by atoms with Crippen molar-refractivity contribution in [3.05, 3.63) is 28.8 Å². The number of rotatable bonds is 3. The maximum absolute atomic E-state index is 12.9. The van der Waals surface area contributed by atoms with E-state index in [0.717, 1.165) is 31.0 Å². The predicted octanol–water partition coefficient (Wildman–Crippen LogP) is 4.58. The van der Waals surface area contributed by atoms with Crippen LogP contribution in [-0.4, -0.2) is 29.8 Å². The van der Waals surface area contributed by atoms with Crippen LogP contribution in [0.15, 0.2) is 18.2 Å². The molecule has 1 saturated heterocycles. The molecule has 1 atom stereocenters. The number of benzene rings is 1. The Hall–Kier alpha value is -1.76. The van der Waals surface area contributed by atoms with Crippen molar-refractivity contribution >= 4 is 29.1 Å². The molecule has 2 amide bonds. The van der Waals surface area contributed by atoms with Gasteiger partial charge in [0, 0.05) is 13.1 Å². The highest BCUT2D eigenvalue weighted by atomic mass is 35.5. The molecule has 0 radical (unpaired) electrons. The summed E-state index contributed by atoms with van der Waals surface area (Å²) in [5, 5.41) is 2.35. The van der Waals surface area contributed by atoms with E-state index in [1.807, 2.05) is 6.92 Å². The first kappa shape index (κ1) is 20.6. The highest BCUT2D eigenvalue weighted by Crippen LogP contribution is 2.34. The Kier molecular flexibility index (Phi) is 5.90. The number of carbonyl (C=O) groups excluding carboxylic acids is 2. The van der Waals surface area contributed by atoms with E-state index in [0.29, 0.717) is 19.0 Å². The van der Waals surface area contributed by atoms with Gasteiger partial charge >= 0.3 is 6.18 Å². The summed E-state index contributed by atoms with van der Waals surface area (Å²) in [6.45, 7) is 6.11. The molecule has 144 valence electrons. The van der Waals surface area contributed by atoms with Gasteiger partial charge in [0.15, 0.2) is 0 Å². The number of nitrogens with one attached hydrogen (secondary N) is 1. The van der Waals surface area contributed by atoms with Gasteiger partial charge in [-0.05, 0) is 50.8 Å². The summed E-state index contributed by atoms with van der Waals surface area (Å²) in [5.41, 5.74) is -2.51. The minimum absolute atomic E-state index is 0.0267. The van der Waals surface area contributed by atoms with Crippen LogP contribution in [0.4, 0.5) is 18.9 Å². The first-order valence-corrected chi connectivity index (χ1v) is 8.78. The number of anilines is 1. The van der Waals surface area contributed by atoms with E-state index in [1.165, 1.54) is 13.8 Å². The third kappa shape index (κ3) is 4.50. The molecule has 26 heavy (non-hydrogen) atoms. The molecule has 1 aliphatic rings. The van der Waals surface area contributed by atoms with Crippen molar-refractivity contribution in [2.75, 3.05) is 18.4 Å². The van der Waals surface area contributed by atoms with Gasteiger partial charge in [-0.15, -0.1) is 0 Å². The van der Waals surface area contributed by atoms with E-state index in [1.54, 1.807) is 4.90 Å². The Morgan fingerprint density at radius 1 is 1.27 bits per heavy atom. The normalized spacial score (nSPS) is 18.6. The van der Waals surface area contributed by atoms with Gasteiger partial charge < -0.3 is 10.2 Å². The van der Waals surface area contributed by atoms with Crippen molar-refractivity contribution in [2.45, 2.75) is 39.8 Å². The summed E-state index contributed by atoms with van der Waals surface area (Å²) >= 11 is 5.91. The van der Waals surface area contributed by atoms with Crippen LogP contribution in [0.3, 0.4) is 0 Å². The average molecular weight is 391 g/mol. The lowest BCUT2D eigenvalue weighted by atomic mass is 9.88. The second kappa shape index (κ2) is 7.47. The summed E-state index contributed by atoms with van der Waals surface area (Å²) in [6.07, 6.45) is -2.67. The first-order chi connectivity index (χ1) is 11.9. The van der Waals surface area contributed by atoms with Crippen molar-refractivity contribution in [1.82, 2.24) is 4.90 Å². The van der Waals surface area contributed by atoms with E-state index in [2.05, 4.69) is 5.32 Å². The van der Waals surface area contributed by atoms with Crippen LogP contribution in [0.1, 0.15) is 39.2 Å². The van der Waals surface area contributed by atoms with E-state index in [-0.39, 0.29) is 16.6 Å². The molecule has 8 heteroatoms. The monoisotopic (exact) mass is 390 g/mol. The van der Waals surface area contributed by atoms with Crippen LogP contribution in [0.25, 0.3) is 0 Å². The Balaban J connectivity index is 2.19. The number of nitrogens with zero attached hydrogens (tertiary/aromatic N) is 1. The topological polar surface area (TPSA) is 49.4 Å². The third-order valence-electron chi connectivity index (χ3n) is 4.59. The maximum atomic E-state index is 12.9. The third-order valence-corrected chi connectivity index (χ3v) is 4.92. The molecular formula is C18H22ClF3N2O2. The Morgan fingerprint density at radius 2 is 1.92 bits per heavy atom. The van der Waals surface area contributed by atoms with Gasteiger partial charge in [-0.2, -0.15) is 13.2 Å².